The van der Waals surface area contributed by atoms with E-state index in [2.05, 4.69) is 31.0 Å². The summed E-state index contributed by atoms with van der Waals surface area (Å²) < 4.78 is 59.4. The summed E-state index contributed by atoms with van der Waals surface area (Å²) in [5.41, 5.74) is 2.49. The molecule has 1 fully saturated rings. The Morgan fingerprint density at radius 2 is 1.79 bits per heavy atom. The standard InChI is InChI=1S/C30H34F2N6O4S/c1-33-10-3-11-38(2)22-4-6-25(28(17-22)34-21-8-12-42-13-9-21)30(39)35-29-26-18-23(5-7-27(26)36-37-29)43(40,41)24-15-19(31)14-20(32)16-24/h4-7,14-18,21,33-34H,3,8-13H2,1-2H3,(H2,35,36,37,39). The Morgan fingerprint density at radius 1 is 1.05 bits per heavy atom. The number of aromatic nitrogens is 2. The highest BCUT2D eigenvalue weighted by Crippen LogP contribution is 2.30. The maximum Gasteiger partial charge on any atom is 0.258 e. The van der Waals surface area contributed by atoms with Crippen LogP contribution in [0.15, 0.2) is 64.4 Å². The van der Waals surface area contributed by atoms with Crippen molar-refractivity contribution in [3.05, 3.63) is 71.8 Å². The Bertz CT molecular complexity index is 1700. The van der Waals surface area contributed by atoms with E-state index >= 15 is 0 Å². The number of ether oxygens (including phenoxy) is 1. The van der Waals surface area contributed by atoms with E-state index in [1.807, 2.05) is 26.2 Å². The van der Waals surface area contributed by atoms with Crippen molar-refractivity contribution in [3.63, 3.8) is 0 Å². The summed E-state index contributed by atoms with van der Waals surface area (Å²) in [5, 5.41) is 16.8. The first-order valence-electron chi connectivity index (χ1n) is 14.0. The number of hydrogen-bond acceptors (Lipinski definition) is 8. The summed E-state index contributed by atoms with van der Waals surface area (Å²) in [4.78, 5) is 15.0. The highest BCUT2D eigenvalue weighted by molar-refractivity contribution is 7.91. The third-order valence-corrected chi connectivity index (χ3v) is 9.14. The van der Waals surface area contributed by atoms with Crippen molar-refractivity contribution in [2.75, 3.05) is 55.9 Å². The van der Waals surface area contributed by atoms with Crippen LogP contribution in [0.3, 0.4) is 0 Å². The van der Waals surface area contributed by atoms with E-state index in [1.54, 1.807) is 6.07 Å². The monoisotopic (exact) mass is 612 g/mol. The number of halogens is 2. The molecule has 1 amide bonds. The Kier molecular flexibility index (Phi) is 9.23. The van der Waals surface area contributed by atoms with E-state index in [4.69, 9.17) is 4.74 Å². The van der Waals surface area contributed by atoms with Crippen LogP contribution in [0.5, 0.6) is 0 Å². The van der Waals surface area contributed by atoms with Crippen LogP contribution in [-0.2, 0) is 14.6 Å². The van der Waals surface area contributed by atoms with Gasteiger partial charge in [0.15, 0.2) is 5.82 Å². The van der Waals surface area contributed by atoms with Gasteiger partial charge in [-0.25, -0.2) is 17.2 Å². The van der Waals surface area contributed by atoms with Gasteiger partial charge >= 0.3 is 0 Å². The zero-order valence-electron chi connectivity index (χ0n) is 23.9. The van der Waals surface area contributed by atoms with Gasteiger partial charge in [0.2, 0.25) is 9.84 Å². The quantitative estimate of drug-likeness (QED) is 0.182. The fraction of sp³-hybridized carbons (Fsp3) is 0.333. The first kappa shape index (κ1) is 30.4. The van der Waals surface area contributed by atoms with Gasteiger partial charge in [0.05, 0.1) is 20.9 Å². The molecule has 0 spiro atoms. The normalized spacial score (nSPS) is 14.1. The fourth-order valence-electron chi connectivity index (χ4n) is 5.02. The van der Waals surface area contributed by atoms with Crippen LogP contribution >= 0.6 is 0 Å². The van der Waals surface area contributed by atoms with Gasteiger partial charge in [0, 0.05) is 55.7 Å². The lowest BCUT2D eigenvalue weighted by Crippen LogP contribution is -2.29. The lowest BCUT2D eigenvalue weighted by Gasteiger charge is -2.27. The number of anilines is 3. The second-order valence-corrected chi connectivity index (χ2v) is 12.4. The molecule has 43 heavy (non-hydrogen) atoms. The number of amides is 1. The smallest absolute Gasteiger partial charge is 0.258 e. The summed E-state index contributed by atoms with van der Waals surface area (Å²) in [6.07, 6.45) is 2.57. The maximum atomic E-state index is 13.8. The molecule has 10 nitrogen and oxygen atoms in total. The minimum Gasteiger partial charge on any atom is -0.381 e. The minimum absolute atomic E-state index is 0.118. The van der Waals surface area contributed by atoms with E-state index in [-0.39, 0.29) is 16.8 Å². The number of fused-ring (bicyclic) bond motifs is 1. The zero-order valence-corrected chi connectivity index (χ0v) is 24.7. The molecule has 0 saturated carbocycles. The number of carbonyl (C=O) groups excluding carboxylic acids is 1. The van der Waals surface area contributed by atoms with Crippen molar-refractivity contribution in [3.8, 4) is 0 Å². The van der Waals surface area contributed by atoms with Gasteiger partial charge in [-0.3, -0.25) is 9.89 Å². The van der Waals surface area contributed by atoms with Gasteiger partial charge < -0.3 is 25.6 Å². The van der Waals surface area contributed by atoms with E-state index < -0.39 is 32.3 Å². The van der Waals surface area contributed by atoms with Gasteiger partial charge in [-0.1, -0.05) is 0 Å². The second kappa shape index (κ2) is 13.1. The third kappa shape index (κ3) is 6.95. The summed E-state index contributed by atoms with van der Waals surface area (Å²) >= 11 is 0. The van der Waals surface area contributed by atoms with Crippen LogP contribution in [0.4, 0.5) is 26.0 Å². The number of nitrogens with one attached hydrogen (secondary N) is 4. The molecule has 4 N–H and O–H groups in total. The highest BCUT2D eigenvalue weighted by atomic mass is 32.2. The molecule has 0 atom stereocenters. The van der Waals surface area contributed by atoms with Crippen molar-refractivity contribution < 1.29 is 26.7 Å². The third-order valence-electron chi connectivity index (χ3n) is 7.41. The molecule has 1 aromatic heterocycles. The van der Waals surface area contributed by atoms with Crippen molar-refractivity contribution >= 4 is 43.8 Å². The van der Waals surface area contributed by atoms with Gasteiger partial charge in [0.25, 0.3) is 5.91 Å². The number of rotatable bonds is 11. The van der Waals surface area contributed by atoms with Crippen molar-refractivity contribution in [2.24, 2.45) is 0 Å². The van der Waals surface area contributed by atoms with Gasteiger partial charge in [0.1, 0.15) is 11.6 Å². The van der Waals surface area contributed by atoms with E-state index in [1.165, 1.54) is 18.2 Å². The molecule has 1 saturated heterocycles. The van der Waals surface area contributed by atoms with Crippen LogP contribution in [0.1, 0.15) is 29.6 Å². The van der Waals surface area contributed by atoms with Gasteiger partial charge in [-0.05, 0) is 81.4 Å². The highest BCUT2D eigenvalue weighted by Gasteiger charge is 2.23. The van der Waals surface area contributed by atoms with Crippen LogP contribution in [0.25, 0.3) is 10.9 Å². The van der Waals surface area contributed by atoms with Gasteiger partial charge in [-0.15, -0.1) is 0 Å². The molecule has 0 bridgehead atoms. The van der Waals surface area contributed by atoms with Crippen molar-refractivity contribution in [1.82, 2.24) is 15.5 Å². The van der Waals surface area contributed by atoms with Crippen LogP contribution in [-0.4, -0.2) is 71.0 Å². The van der Waals surface area contributed by atoms with E-state index in [0.717, 1.165) is 50.2 Å². The molecule has 2 heterocycles. The molecule has 0 radical (unpaired) electrons. The Balaban J connectivity index is 1.44. The number of sulfone groups is 1. The molecule has 1 aliphatic rings. The number of nitrogens with zero attached hydrogens (tertiary/aromatic N) is 2. The summed E-state index contributed by atoms with van der Waals surface area (Å²) in [5.74, 6) is -2.33. The number of H-pyrrole nitrogens is 1. The fourth-order valence-corrected chi connectivity index (χ4v) is 6.35. The Morgan fingerprint density at radius 3 is 2.51 bits per heavy atom. The average Bonchev–Trinajstić information content (AvgIpc) is 3.39. The summed E-state index contributed by atoms with van der Waals surface area (Å²) in [6.45, 7) is 2.98. The number of hydrogen-bond donors (Lipinski definition) is 4. The van der Waals surface area contributed by atoms with Crippen LogP contribution in [0, 0.1) is 11.6 Å². The molecule has 5 rings (SSSR count). The molecule has 228 valence electrons. The first-order valence-corrected chi connectivity index (χ1v) is 15.5. The average molecular weight is 613 g/mol. The first-order chi connectivity index (χ1) is 20.7. The molecule has 1 aliphatic heterocycles. The van der Waals surface area contributed by atoms with E-state index in [0.29, 0.717) is 41.4 Å². The molecule has 4 aromatic rings. The molecule has 0 unspecified atom stereocenters. The molecule has 0 aliphatic carbocycles. The van der Waals surface area contributed by atoms with E-state index in [9.17, 15) is 22.0 Å². The van der Waals surface area contributed by atoms with Crippen molar-refractivity contribution in [1.29, 1.82) is 0 Å². The zero-order chi connectivity index (χ0) is 30.6. The largest absolute Gasteiger partial charge is 0.381 e. The minimum atomic E-state index is -4.26. The predicted molar refractivity (Wildman–Crippen MR) is 162 cm³/mol. The Labute approximate surface area is 248 Å². The van der Waals surface area contributed by atoms with Crippen molar-refractivity contribution in [2.45, 2.75) is 35.1 Å². The number of aromatic amines is 1. The summed E-state index contributed by atoms with van der Waals surface area (Å²) in [7, 11) is -0.342. The van der Waals surface area contributed by atoms with Crippen LogP contribution < -0.4 is 20.9 Å². The maximum absolute atomic E-state index is 13.8. The van der Waals surface area contributed by atoms with Crippen LogP contribution in [0.2, 0.25) is 0 Å². The second-order valence-electron chi connectivity index (χ2n) is 10.5. The predicted octanol–water partition coefficient (Wildman–Crippen LogP) is 4.56. The van der Waals surface area contributed by atoms with Gasteiger partial charge in [-0.2, -0.15) is 5.10 Å². The molecular weight excluding hydrogens is 578 g/mol. The summed E-state index contributed by atoms with van der Waals surface area (Å²) in [6, 6.07) is 12.0. The molecule has 13 heteroatoms. The topological polar surface area (TPSA) is 128 Å². The number of carbonyl (C=O) groups is 1. The number of benzene rings is 3. The Hall–Kier alpha value is -4.07. The lowest BCUT2D eigenvalue weighted by molar-refractivity contribution is 0.0904. The molecule has 3 aromatic carbocycles. The lowest BCUT2D eigenvalue weighted by atomic mass is 10.1. The SMILES string of the molecule is CNCCCN(C)c1ccc(C(=O)Nc2n[nH]c3ccc(S(=O)(=O)c4cc(F)cc(F)c4)cc23)c(NC2CCOCC2)c1. The molecular formula is C30H34F2N6O4S.